The molecular weight excluding hydrogens is 217 g/mol. The van der Waals surface area contributed by atoms with Crippen molar-refractivity contribution >= 4 is 0 Å². The normalized spacial score (nSPS) is 18.9. The third-order valence-corrected chi connectivity index (χ3v) is 1.50. The molecule has 1 aliphatic carbocycles. The van der Waals surface area contributed by atoms with Crippen LogP contribution >= 0.6 is 0 Å². The van der Waals surface area contributed by atoms with Gasteiger partial charge in [-0.05, 0) is 0 Å². The molecule has 0 saturated heterocycles. The topological polar surface area (TPSA) is 0 Å². The minimum atomic E-state index is -5.24. The third kappa shape index (κ3) is 1.42. The van der Waals surface area contributed by atoms with Gasteiger partial charge in [-0.1, -0.05) is 0 Å². The van der Waals surface area contributed by atoms with Crippen molar-refractivity contribution < 1.29 is 30.7 Å². The molecule has 0 amide bonds. The Hall–Kier alpha value is -1.27. The van der Waals surface area contributed by atoms with Gasteiger partial charge in [0.25, 0.3) is 0 Å². The second-order valence-corrected chi connectivity index (χ2v) is 2.33. The van der Waals surface area contributed by atoms with Gasteiger partial charge >= 0.3 is 6.18 Å². The van der Waals surface area contributed by atoms with Crippen LogP contribution in [0, 0.1) is 0 Å². The summed E-state index contributed by atoms with van der Waals surface area (Å²) in [6, 6.07) is 0. The van der Waals surface area contributed by atoms with E-state index in [9.17, 15) is 30.7 Å². The van der Waals surface area contributed by atoms with E-state index in [2.05, 4.69) is 0 Å². The van der Waals surface area contributed by atoms with Crippen molar-refractivity contribution in [1.29, 1.82) is 0 Å². The van der Waals surface area contributed by atoms with E-state index in [4.69, 9.17) is 0 Å². The van der Waals surface area contributed by atoms with Crippen LogP contribution < -0.4 is 0 Å². The summed E-state index contributed by atoms with van der Waals surface area (Å²) in [5, 5.41) is 0. The van der Waals surface area contributed by atoms with Crippen molar-refractivity contribution in [2.45, 2.75) is 6.18 Å². The van der Waals surface area contributed by atoms with Gasteiger partial charge in [0.1, 0.15) is 11.9 Å². The van der Waals surface area contributed by atoms with Crippen molar-refractivity contribution in [3.63, 3.8) is 0 Å². The summed E-state index contributed by atoms with van der Waals surface area (Å²) in [5.41, 5.74) is -3.82. The lowest BCUT2D eigenvalue weighted by Crippen LogP contribution is -2.22. The smallest absolute Gasteiger partial charge is 0.212 e. The van der Waals surface area contributed by atoms with Crippen LogP contribution in [-0.4, -0.2) is 6.18 Å². The highest BCUT2D eigenvalue weighted by Crippen LogP contribution is 2.49. The van der Waals surface area contributed by atoms with Crippen LogP contribution in [0.3, 0.4) is 0 Å². The lowest BCUT2D eigenvalue weighted by molar-refractivity contribution is -0.0938. The first-order chi connectivity index (χ1) is 6.30. The first-order valence-corrected chi connectivity index (χ1v) is 3.14. The first-order valence-electron chi connectivity index (χ1n) is 3.14. The van der Waals surface area contributed by atoms with Gasteiger partial charge in [0, 0.05) is 0 Å². The van der Waals surface area contributed by atoms with E-state index in [1.54, 1.807) is 0 Å². The molecule has 0 radical (unpaired) electrons. The molecule has 0 nitrogen and oxygen atoms in total. The minimum absolute atomic E-state index is 0.868. The average Bonchev–Trinajstić information content (AvgIpc) is 2.09. The minimum Gasteiger partial charge on any atom is -0.212 e. The monoisotopic (exact) mass is 218 g/mol. The predicted octanol–water partition coefficient (Wildman–Crippen LogP) is 3.79. The van der Waals surface area contributed by atoms with Crippen molar-refractivity contribution in [2.24, 2.45) is 0 Å². The molecule has 0 aliphatic heterocycles. The number of allylic oxidation sites excluding steroid dienone is 5. The molecule has 0 unspecified atom stereocenters. The van der Waals surface area contributed by atoms with E-state index in [0.29, 0.717) is 0 Å². The fraction of sp³-hybridized carbons (Fsp3) is 0.143. The molecule has 0 aromatic heterocycles. The Morgan fingerprint density at radius 2 is 1.57 bits per heavy atom. The van der Waals surface area contributed by atoms with Crippen molar-refractivity contribution in [1.82, 2.24) is 0 Å². The van der Waals surface area contributed by atoms with Gasteiger partial charge in [0.05, 0.1) is 5.57 Å². The summed E-state index contributed by atoms with van der Waals surface area (Å²) in [5.74, 6) is -6.32. The standard InChI is InChI=1S/C7HF7/c8-1-2(9)3-4(7(12,13)14)6(11)5(3)10/h1H/b2-1+. The molecule has 1 rings (SSSR count). The summed E-state index contributed by atoms with van der Waals surface area (Å²) in [6.07, 6.45) is -6.11. The van der Waals surface area contributed by atoms with Gasteiger partial charge in [-0.2, -0.15) is 13.2 Å². The predicted molar refractivity (Wildman–Crippen MR) is 32.6 cm³/mol. The van der Waals surface area contributed by atoms with Crippen molar-refractivity contribution in [3.8, 4) is 0 Å². The van der Waals surface area contributed by atoms with E-state index in [1.807, 2.05) is 0 Å². The van der Waals surface area contributed by atoms with E-state index in [-0.39, 0.29) is 0 Å². The van der Waals surface area contributed by atoms with Crippen LogP contribution in [0.1, 0.15) is 0 Å². The highest BCUT2D eigenvalue weighted by molar-refractivity contribution is 5.62. The van der Waals surface area contributed by atoms with Gasteiger partial charge in [0.15, 0.2) is 17.5 Å². The molecule has 14 heavy (non-hydrogen) atoms. The molecule has 0 aromatic carbocycles. The number of halogens is 7. The van der Waals surface area contributed by atoms with E-state index in [0.717, 1.165) is 0 Å². The van der Waals surface area contributed by atoms with Gasteiger partial charge < -0.3 is 0 Å². The Balaban J connectivity index is 3.19. The highest BCUT2D eigenvalue weighted by atomic mass is 19.4. The van der Waals surface area contributed by atoms with Gasteiger partial charge in [0.2, 0.25) is 0 Å². The zero-order valence-corrected chi connectivity index (χ0v) is 6.22. The Kier molecular flexibility index (Phi) is 2.43. The molecular formula is C7HF7. The molecule has 1 aliphatic rings. The number of hydrogen-bond acceptors (Lipinski definition) is 0. The highest BCUT2D eigenvalue weighted by Gasteiger charge is 2.49. The van der Waals surface area contributed by atoms with Crippen LogP contribution in [0.4, 0.5) is 30.7 Å². The van der Waals surface area contributed by atoms with E-state index < -0.39 is 41.1 Å². The van der Waals surface area contributed by atoms with Gasteiger partial charge in [-0.3, -0.25) is 0 Å². The average molecular weight is 218 g/mol. The summed E-state index contributed by atoms with van der Waals surface area (Å²) < 4.78 is 83.8. The quantitative estimate of drug-likeness (QED) is 0.587. The number of alkyl halides is 3. The molecule has 0 bridgehead atoms. The van der Waals surface area contributed by atoms with Gasteiger partial charge in [-0.15, -0.1) is 0 Å². The Morgan fingerprint density at radius 3 is 1.93 bits per heavy atom. The fourth-order valence-corrected chi connectivity index (χ4v) is 0.921. The summed E-state index contributed by atoms with van der Waals surface area (Å²) in [6.45, 7) is 0. The molecule has 0 heterocycles. The third-order valence-electron chi connectivity index (χ3n) is 1.50. The van der Waals surface area contributed by atoms with E-state index >= 15 is 0 Å². The zero-order chi connectivity index (χ0) is 11.1. The second kappa shape index (κ2) is 3.14. The summed E-state index contributed by atoms with van der Waals surface area (Å²) in [7, 11) is 0. The Bertz CT molecular complexity index is 349. The second-order valence-electron chi connectivity index (χ2n) is 2.33. The molecule has 0 N–H and O–H groups in total. The lowest BCUT2D eigenvalue weighted by atomic mass is 9.93. The summed E-state index contributed by atoms with van der Waals surface area (Å²) >= 11 is 0. The molecule has 78 valence electrons. The molecule has 0 atom stereocenters. The van der Waals surface area contributed by atoms with Crippen LogP contribution in [0.2, 0.25) is 0 Å². The van der Waals surface area contributed by atoms with Crippen LogP contribution in [0.15, 0.2) is 35.0 Å². The fourth-order valence-electron chi connectivity index (χ4n) is 0.921. The van der Waals surface area contributed by atoms with E-state index in [1.165, 1.54) is 0 Å². The number of rotatable bonds is 1. The maximum atomic E-state index is 12.3. The summed E-state index contributed by atoms with van der Waals surface area (Å²) in [4.78, 5) is 0. The molecule has 0 fully saturated rings. The van der Waals surface area contributed by atoms with Crippen molar-refractivity contribution in [3.05, 3.63) is 35.0 Å². The van der Waals surface area contributed by atoms with Crippen LogP contribution in [0.25, 0.3) is 0 Å². The molecule has 0 aromatic rings. The van der Waals surface area contributed by atoms with Crippen LogP contribution in [0.5, 0.6) is 0 Å². The van der Waals surface area contributed by atoms with Crippen molar-refractivity contribution in [2.75, 3.05) is 0 Å². The maximum absolute atomic E-state index is 12.3. The Labute approximate surface area is 73.0 Å². The zero-order valence-electron chi connectivity index (χ0n) is 6.22. The van der Waals surface area contributed by atoms with Crippen LogP contribution in [-0.2, 0) is 0 Å². The number of hydrogen-bond donors (Lipinski definition) is 0. The molecule has 0 spiro atoms. The lowest BCUT2D eigenvalue weighted by Gasteiger charge is -2.21. The largest absolute Gasteiger partial charge is 0.420 e. The molecule has 0 saturated carbocycles. The van der Waals surface area contributed by atoms with Gasteiger partial charge in [-0.25, -0.2) is 17.6 Å². The molecule has 7 heteroatoms. The Morgan fingerprint density at radius 1 is 1.07 bits per heavy atom. The maximum Gasteiger partial charge on any atom is 0.420 e. The SMILES string of the molecule is F/C=C(/F)C1=C(C(F)(F)F)C(F)=C1F. The first kappa shape index (κ1) is 10.8.